The van der Waals surface area contributed by atoms with Gasteiger partial charge in [-0.05, 0) is 25.5 Å². The van der Waals surface area contributed by atoms with Crippen molar-refractivity contribution in [1.82, 2.24) is 9.97 Å². The molecule has 1 aromatic carbocycles. The van der Waals surface area contributed by atoms with Crippen molar-refractivity contribution in [3.8, 4) is 0 Å². The van der Waals surface area contributed by atoms with Crippen LogP contribution in [0.15, 0.2) is 18.2 Å². The summed E-state index contributed by atoms with van der Waals surface area (Å²) in [5, 5.41) is 1.12. The second-order valence-corrected chi connectivity index (χ2v) is 3.96. The van der Waals surface area contributed by atoms with Gasteiger partial charge in [-0.1, -0.05) is 12.1 Å². The Hall–Kier alpha value is -1.64. The minimum Gasteiger partial charge on any atom is -0.362 e. The molecule has 1 aromatic heterocycles. The molecule has 0 amide bonds. The first-order valence-electron chi connectivity index (χ1n) is 5.01. The summed E-state index contributed by atoms with van der Waals surface area (Å²) in [6.45, 7) is 4.01. The summed E-state index contributed by atoms with van der Waals surface area (Å²) in [6, 6.07) is 6.19. The molecule has 0 saturated carbocycles. The highest BCUT2D eigenvalue weighted by molar-refractivity contribution is 5.91. The smallest absolute Gasteiger partial charge is 0.139 e. The molecule has 0 aliphatic rings. The highest BCUT2D eigenvalue weighted by Crippen LogP contribution is 2.24. The van der Waals surface area contributed by atoms with Gasteiger partial charge >= 0.3 is 0 Å². The van der Waals surface area contributed by atoms with Gasteiger partial charge in [0.2, 0.25) is 0 Å². The van der Waals surface area contributed by atoms with E-state index >= 15 is 0 Å². The molecular weight excluding hydrogens is 186 g/mol. The molecule has 0 bridgehead atoms. The SMILES string of the molecule is Cc1nc(N(C)C)c2cccc(C)c2n1. The molecule has 15 heavy (non-hydrogen) atoms. The van der Waals surface area contributed by atoms with Crippen LogP contribution in [0.4, 0.5) is 5.82 Å². The maximum Gasteiger partial charge on any atom is 0.139 e. The number of aromatic nitrogens is 2. The summed E-state index contributed by atoms with van der Waals surface area (Å²) in [7, 11) is 4.01. The zero-order chi connectivity index (χ0) is 11.0. The van der Waals surface area contributed by atoms with Crippen molar-refractivity contribution >= 4 is 16.7 Å². The normalized spacial score (nSPS) is 10.7. The standard InChI is InChI=1S/C12H15N3/c1-8-6-5-7-10-11(8)13-9(2)14-12(10)15(3)4/h5-7H,1-4H3. The summed E-state index contributed by atoms with van der Waals surface area (Å²) in [6.07, 6.45) is 0. The Morgan fingerprint density at radius 1 is 1.07 bits per heavy atom. The van der Waals surface area contributed by atoms with Gasteiger partial charge in [0.25, 0.3) is 0 Å². The molecule has 2 aromatic rings. The molecule has 0 unspecified atom stereocenters. The minimum atomic E-state index is 0.820. The Kier molecular flexibility index (Phi) is 2.31. The van der Waals surface area contributed by atoms with Crippen LogP contribution < -0.4 is 4.90 Å². The van der Waals surface area contributed by atoms with E-state index in [1.807, 2.05) is 32.0 Å². The minimum absolute atomic E-state index is 0.820. The summed E-state index contributed by atoms with van der Waals surface area (Å²) in [5.41, 5.74) is 2.25. The van der Waals surface area contributed by atoms with E-state index in [0.29, 0.717) is 0 Å². The molecule has 0 aliphatic carbocycles. The number of fused-ring (bicyclic) bond motifs is 1. The zero-order valence-electron chi connectivity index (χ0n) is 9.57. The second-order valence-electron chi connectivity index (χ2n) is 3.96. The predicted octanol–water partition coefficient (Wildman–Crippen LogP) is 2.31. The van der Waals surface area contributed by atoms with Crippen LogP contribution in [0, 0.1) is 13.8 Å². The molecule has 3 nitrogen and oxygen atoms in total. The molecule has 0 radical (unpaired) electrons. The highest BCUT2D eigenvalue weighted by atomic mass is 15.1. The number of aryl methyl sites for hydroxylation is 2. The fourth-order valence-electron chi connectivity index (χ4n) is 1.73. The lowest BCUT2D eigenvalue weighted by molar-refractivity contribution is 1.01. The highest BCUT2D eigenvalue weighted by Gasteiger charge is 2.08. The average Bonchev–Trinajstić information content (AvgIpc) is 2.18. The fraction of sp³-hybridized carbons (Fsp3) is 0.333. The third-order valence-corrected chi connectivity index (χ3v) is 2.44. The first-order chi connectivity index (χ1) is 7.09. The van der Waals surface area contributed by atoms with E-state index in [-0.39, 0.29) is 0 Å². The number of benzene rings is 1. The van der Waals surface area contributed by atoms with E-state index < -0.39 is 0 Å². The number of rotatable bonds is 1. The van der Waals surface area contributed by atoms with Gasteiger partial charge in [-0.3, -0.25) is 0 Å². The number of hydrogen-bond donors (Lipinski definition) is 0. The van der Waals surface area contributed by atoms with Crippen LogP contribution in [-0.4, -0.2) is 24.1 Å². The molecule has 78 valence electrons. The summed E-state index contributed by atoms with van der Waals surface area (Å²) >= 11 is 0. The molecule has 3 heteroatoms. The molecule has 0 atom stereocenters. The zero-order valence-corrected chi connectivity index (χ0v) is 9.57. The topological polar surface area (TPSA) is 29.0 Å². The molecule has 0 N–H and O–H groups in total. The van der Waals surface area contributed by atoms with Gasteiger partial charge in [0.05, 0.1) is 5.52 Å². The van der Waals surface area contributed by atoms with Crippen LogP contribution in [0.3, 0.4) is 0 Å². The molecule has 0 fully saturated rings. The Labute approximate surface area is 89.8 Å². The van der Waals surface area contributed by atoms with Gasteiger partial charge in [0, 0.05) is 19.5 Å². The van der Waals surface area contributed by atoms with E-state index in [9.17, 15) is 0 Å². The van der Waals surface area contributed by atoms with Crippen molar-refractivity contribution in [2.24, 2.45) is 0 Å². The van der Waals surface area contributed by atoms with Gasteiger partial charge in [-0.15, -0.1) is 0 Å². The van der Waals surface area contributed by atoms with Crippen molar-refractivity contribution in [1.29, 1.82) is 0 Å². The van der Waals surface area contributed by atoms with Crippen molar-refractivity contribution in [2.45, 2.75) is 13.8 Å². The number of hydrogen-bond acceptors (Lipinski definition) is 3. The molecule has 0 aliphatic heterocycles. The van der Waals surface area contributed by atoms with Crippen molar-refractivity contribution in [2.75, 3.05) is 19.0 Å². The Bertz CT molecular complexity index is 503. The summed E-state index contributed by atoms with van der Waals surface area (Å²) < 4.78 is 0. The molecule has 1 heterocycles. The lowest BCUT2D eigenvalue weighted by atomic mass is 10.1. The van der Waals surface area contributed by atoms with Crippen molar-refractivity contribution in [3.05, 3.63) is 29.6 Å². The van der Waals surface area contributed by atoms with Gasteiger partial charge < -0.3 is 4.90 Å². The molecule has 0 spiro atoms. The predicted molar refractivity (Wildman–Crippen MR) is 63.3 cm³/mol. The second kappa shape index (κ2) is 3.50. The van der Waals surface area contributed by atoms with Crippen molar-refractivity contribution < 1.29 is 0 Å². The third kappa shape index (κ3) is 1.65. The fourth-order valence-corrected chi connectivity index (χ4v) is 1.73. The van der Waals surface area contributed by atoms with Gasteiger partial charge in [-0.25, -0.2) is 9.97 Å². The van der Waals surface area contributed by atoms with E-state index in [1.54, 1.807) is 0 Å². The van der Waals surface area contributed by atoms with E-state index in [1.165, 1.54) is 5.56 Å². The van der Waals surface area contributed by atoms with Crippen molar-refractivity contribution in [3.63, 3.8) is 0 Å². The van der Waals surface area contributed by atoms with Crippen LogP contribution in [0.25, 0.3) is 10.9 Å². The number of anilines is 1. The number of nitrogens with zero attached hydrogens (tertiary/aromatic N) is 3. The van der Waals surface area contributed by atoms with Crippen LogP contribution in [0.5, 0.6) is 0 Å². The maximum atomic E-state index is 4.48. The first-order valence-corrected chi connectivity index (χ1v) is 5.01. The largest absolute Gasteiger partial charge is 0.362 e. The Balaban J connectivity index is 2.86. The quantitative estimate of drug-likeness (QED) is 0.709. The van der Waals surface area contributed by atoms with Gasteiger partial charge in [0.1, 0.15) is 11.6 Å². The van der Waals surface area contributed by atoms with E-state index in [2.05, 4.69) is 29.0 Å². The summed E-state index contributed by atoms with van der Waals surface area (Å²) in [5.74, 6) is 1.81. The van der Waals surface area contributed by atoms with Crippen LogP contribution in [-0.2, 0) is 0 Å². The lowest BCUT2D eigenvalue weighted by Gasteiger charge is -2.15. The summed E-state index contributed by atoms with van der Waals surface area (Å²) in [4.78, 5) is 11.0. The van der Waals surface area contributed by atoms with E-state index in [4.69, 9.17) is 0 Å². The first kappa shape index (κ1) is 9.90. The Morgan fingerprint density at radius 2 is 1.80 bits per heavy atom. The average molecular weight is 201 g/mol. The van der Waals surface area contributed by atoms with Crippen LogP contribution in [0.1, 0.15) is 11.4 Å². The molecule has 2 rings (SSSR count). The maximum absolute atomic E-state index is 4.48. The molecule has 0 saturated heterocycles. The lowest BCUT2D eigenvalue weighted by Crippen LogP contribution is -2.12. The van der Waals surface area contributed by atoms with Crippen LogP contribution >= 0.6 is 0 Å². The number of para-hydroxylation sites is 1. The van der Waals surface area contributed by atoms with E-state index in [0.717, 1.165) is 22.5 Å². The van der Waals surface area contributed by atoms with Gasteiger partial charge in [-0.2, -0.15) is 0 Å². The van der Waals surface area contributed by atoms with Gasteiger partial charge in [0.15, 0.2) is 0 Å². The van der Waals surface area contributed by atoms with Crippen LogP contribution in [0.2, 0.25) is 0 Å². The monoisotopic (exact) mass is 201 g/mol. The third-order valence-electron chi connectivity index (χ3n) is 2.44. The molecular formula is C12H15N3. The Morgan fingerprint density at radius 3 is 2.47 bits per heavy atom.